The van der Waals surface area contributed by atoms with Gasteiger partial charge in [-0.2, -0.15) is 0 Å². The maximum Gasteiger partial charge on any atom is 0.365 e. The highest BCUT2D eigenvalue weighted by molar-refractivity contribution is 5.76. The third-order valence-corrected chi connectivity index (χ3v) is 3.11. The molecule has 0 aliphatic carbocycles. The molecule has 0 aromatic heterocycles. The molecule has 78 valence electrons. The number of quaternary nitrogens is 1. The maximum atomic E-state index is 11.0. The van der Waals surface area contributed by atoms with Crippen LogP contribution in [0.25, 0.3) is 0 Å². The minimum Gasteiger partial charge on any atom is -0.477 e. The summed E-state index contributed by atoms with van der Waals surface area (Å²) in [7, 11) is 3.95. The fourth-order valence-corrected chi connectivity index (χ4v) is 1.09. The van der Waals surface area contributed by atoms with Gasteiger partial charge in [-0.15, -0.1) is 0 Å². The van der Waals surface area contributed by atoms with E-state index in [0.29, 0.717) is 4.48 Å². The third kappa shape index (κ3) is 2.69. The standard InChI is InChI=1S/C10H21NO2/c1-6-7-8-11(4,5)10(2,3)9(12)13/h6-8H2,1-5H3/p+1. The minimum atomic E-state index is -0.728. The summed E-state index contributed by atoms with van der Waals surface area (Å²) in [4.78, 5) is 11.0. The number of unbranched alkanes of at least 4 members (excludes halogenated alkanes) is 1. The Hall–Kier alpha value is -0.570. The summed E-state index contributed by atoms with van der Waals surface area (Å²) in [6, 6.07) is 0. The van der Waals surface area contributed by atoms with E-state index in [-0.39, 0.29) is 0 Å². The molecule has 0 aliphatic rings. The van der Waals surface area contributed by atoms with Crippen LogP contribution in [0.5, 0.6) is 0 Å². The van der Waals surface area contributed by atoms with Gasteiger partial charge >= 0.3 is 5.97 Å². The Bertz CT molecular complexity index is 185. The predicted octanol–water partition coefficient (Wildman–Crippen LogP) is 1.73. The van der Waals surface area contributed by atoms with Crippen molar-refractivity contribution < 1.29 is 14.4 Å². The van der Waals surface area contributed by atoms with Crippen LogP contribution in [0.15, 0.2) is 0 Å². The molecule has 0 aliphatic heterocycles. The summed E-state index contributed by atoms with van der Waals surface area (Å²) in [6.07, 6.45) is 2.18. The Balaban J connectivity index is 4.50. The van der Waals surface area contributed by atoms with E-state index in [9.17, 15) is 4.79 Å². The Morgan fingerprint density at radius 1 is 1.38 bits per heavy atom. The highest BCUT2D eigenvalue weighted by Gasteiger charge is 2.43. The fraction of sp³-hybridized carbons (Fsp3) is 0.900. The van der Waals surface area contributed by atoms with Gasteiger partial charge in [0, 0.05) is 13.8 Å². The van der Waals surface area contributed by atoms with Crippen LogP contribution in [-0.2, 0) is 4.79 Å². The van der Waals surface area contributed by atoms with E-state index in [4.69, 9.17) is 5.11 Å². The lowest BCUT2D eigenvalue weighted by molar-refractivity contribution is -0.928. The molecule has 0 unspecified atom stereocenters. The number of hydrogen-bond donors (Lipinski definition) is 1. The molecule has 0 fully saturated rings. The molecule has 13 heavy (non-hydrogen) atoms. The van der Waals surface area contributed by atoms with Crippen molar-refractivity contribution >= 4 is 5.97 Å². The minimum absolute atomic E-state index is 0.538. The van der Waals surface area contributed by atoms with Crippen molar-refractivity contribution in [1.82, 2.24) is 0 Å². The van der Waals surface area contributed by atoms with Gasteiger partial charge in [0.1, 0.15) is 0 Å². The third-order valence-electron chi connectivity index (χ3n) is 3.11. The fourth-order valence-electron chi connectivity index (χ4n) is 1.09. The zero-order valence-electron chi connectivity index (χ0n) is 9.42. The molecular weight excluding hydrogens is 166 g/mol. The van der Waals surface area contributed by atoms with Crippen LogP contribution in [0.4, 0.5) is 0 Å². The lowest BCUT2D eigenvalue weighted by atomic mass is 10.0. The molecule has 1 N–H and O–H groups in total. The quantitative estimate of drug-likeness (QED) is 0.667. The molecule has 0 saturated carbocycles. The van der Waals surface area contributed by atoms with Crippen LogP contribution in [0.1, 0.15) is 33.6 Å². The van der Waals surface area contributed by atoms with E-state index >= 15 is 0 Å². The number of likely N-dealkylation sites (N-methyl/N-ethyl adjacent to an activating group) is 1. The summed E-state index contributed by atoms with van der Waals surface area (Å²) < 4.78 is 0.538. The van der Waals surface area contributed by atoms with Crippen molar-refractivity contribution in [2.45, 2.75) is 39.2 Å². The van der Waals surface area contributed by atoms with Crippen molar-refractivity contribution in [2.24, 2.45) is 0 Å². The van der Waals surface area contributed by atoms with Crippen molar-refractivity contribution in [2.75, 3.05) is 20.6 Å². The Labute approximate surface area is 80.9 Å². The normalized spacial score (nSPS) is 13.0. The molecule has 0 aromatic rings. The molecule has 0 amide bonds. The zero-order chi connectivity index (χ0) is 10.7. The van der Waals surface area contributed by atoms with E-state index in [0.717, 1.165) is 19.4 Å². The molecule has 0 aromatic carbocycles. The van der Waals surface area contributed by atoms with E-state index < -0.39 is 11.5 Å². The first-order chi connectivity index (χ1) is 5.75. The number of hydrogen-bond acceptors (Lipinski definition) is 1. The number of aliphatic carboxylic acids is 1. The predicted molar refractivity (Wildman–Crippen MR) is 53.6 cm³/mol. The lowest BCUT2D eigenvalue weighted by Gasteiger charge is -2.41. The highest BCUT2D eigenvalue weighted by atomic mass is 16.4. The average molecular weight is 188 g/mol. The highest BCUT2D eigenvalue weighted by Crippen LogP contribution is 2.21. The summed E-state index contributed by atoms with van der Waals surface area (Å²) in [5, 5.41) is 9.06. The molecule has 0 radical (unpaired) electrons. The van der Waals surface area contributed by atoms with Crippen molar-refractivity contribution in [3.8, 4) is 0 Å². The second-order valence-electron chi connectivity index (χ2n) is 4.63. The second-order valence-corrected chi connectivity index (χ2v) is 4.63. The average Bonchev–Trinajstić information content (AvgIpc) is 2.00. The zero-order valence-corrected chi connectivity index (χ0v) is 9.42. The first-order valence-electron chi connectivity index (χ1n) is 4.82. The molecule has 0 saturated heterocycles. The number of rotatable bonds is 5. The summed E-state index contributed by atoms with van der Waals surface area (Å²) >= 11 is 0. The van der Waals surface area contributed by atoms with E-state index in [1.54, 1.807) is 13.8 Å². The van der Waals surface area contributed by atoms with Gasteiger partial charge in [-0.25, -0.2) is 4.79 Å². The smallest absolute Gasteiger partial charge is 0.365 e. The largest absolute Gasteiger partial charge is 0.477 e. The Morgan fingerprint density at radius 2 is 1.85 bits per heavy atom. The molecule has 0 spiro atoms. The van der Waals surface area contributed by atoms with Gasteiger partial charge in [0.2, 0.25) is 0 Å². The van der Waals surface area contributed by atoms with E-state index in [2.05, 4.69) is 6.92 Å². The van der Waals surface area contributed by atoms with Gasteiger partial charge in [0.05, 0.1) is 20.6 Å². The number of carboxylic acid groups (broad SMARTS) is 1. The van der Waals surface area contributed by atoms with Gasteiger partial charge < -0.3 is 9.59 Å². The molecule has 3 heteroatoms. The van der Waals surface area contributed by atoms with Gasteiger partial charge in [-0.05, 0) is 6.42 Å². The number of nitrogens with zero attached hydrogens (tertiary/aromatic N) is 1. The van der Waals surface area contributed by atoms with Crippen LogP contribution < -0.4 is 0 Å². The molecular formula is C10H22NO2+. The number of carbonyl (C=O) groups is 1. The Morgan fingerprint density at radius 3 is 2.15 bits per heavy atom. The van der Waals surface area contributed by atoms with Crippen LogP contribution in [-0.4, -0.2) is 41.7 Å². The van der Waals surface area contributed by atoms with Crippen molar-refractivity contribution in [3.63, 3.8) is 0 Å². The van der Waals surface area contributed by atoms with Gasteiger partial charge in [-0.3, -0.25) is 0 Å². The van der Waals surface area contributed by atoms with Gasteiger partial charge in [0.15, 0.2) is 5.54 Å². The second kappa shape index (κ2) is 4.09. The maximum absolute atomic E-state index is 11.0. The number of carboxylic acids is 1. The summed E-state index contributed by atoms with van der Waals surface area (Å²) in [6.45, 7) is 6.60. The van der Waals surface area contributed by atoms with Crippen LogP contribution in [0, 0.1) is 0 Å². The molecule has 0 bridgehead atoms. The van der Waals surface area contributed by atoms with Crippen LogP contribution in [0.2, 0.25) is 0 Å². The molecule has 3 nitrogen and oxygen atoms in total. The first-order valence-corrected chi connectivity index (χ1v) is 4.82. The Kier molecular flexibility index (Phi) is 3.91. The van der Waals surface area contributed by atoms with Gasteiger partial charge in [0.25, 0.3) is 0 Å². The van der Waals surface area contributed by atoms with Crippen LogP contribution in [0.3, 0.4) is 0 Å². The summed E-state index contributed by atoms with van der Waals surface area (Å²) in [5.74, 6) is -0.728. The monoisotopic (exact) mass is 188 g/mol. The van der Waals surface area contributed by atoms with Crippen molar-refractivity contribution in [3.05, 3.63) is 0 Å². The van der Waals surface area contributed by atoms with Crippen LogP contribution >= 0.6 is 0 Å². The van der Waals surface area contributed by atoms with E-state index in [1.807, 2.05) is 14.1 Å². The van der Waals surface area contributed by atoms with Gasteiger partial charge in [-0.1, -0.05) is 13.3 Å². The molecule has 0 atom stereocenters. The molecule has 0 rings (SSSR count). The molecule has 0 heterocycles. The first kappa shape index (κ1) is 12.4. The lowest BCUT2D eigenvalue weighted by Crippen LogP contribution is -2.60. The van der Waals surface area contributed by atoms with E-state index in [1.165, 1.54) is 0 Å². The summed E-state index contributed by atoms with van der Waals surface area (Å²) in [5.41, 5.74) is -0.699. The SMILES string of the molecule is CCCC[N+](C)(C)C(C)(C)C(=O)O. The van der Waals surface area contributed by atoms with Crippen molar-refractivity contribution in [1.29, 1.82) is 0 Å². The topological polar surface area (TPSA) is 37.3 Å².